The summed E-state index contributed by atoms with van der Waals surface area (Å²) in [7, 11) is 4.06. The second-order valence-electron chi connectivity index (χ2n) is 8.88. The van der Waals surface area contributed by atoms with Crippen molar-refractivity contribution in [2.24, 2.45) is 7.05 Å². The van der Waals surface area contributed by atoms with Gasteiger partial charge in [-0.15, -0.1) is 0 Å². The van der Waals surface area contributed by atoms with Crippen molar-refractivity contribution in [2.45, 2.75) is 32.2 Å². The van der Waals surface area contributed by atoms with E-state index in [9.17, 15) is 4.79 Å². The first-order valence-corrected chi connectivity index (χ1v) is 11.1. The third kappa shape index (κ3) is 3.90. The minimum atomic E-state index is -0.0569. The van der Waals surface area contributed by atoms with Crippen LogP contribution in [-0.4, -0.2) is 58.8 Å². The number of pyridine rings is 1. The summed E-state index contributed by atoms with van der Waals surface area (Å²) in [5, 5.41) is 8.55. The van der Waals surface area contributed by atoms with Crippen LogP contribution in [0.25, 0.3) is 11.0 Å². The van der Waals surface area contributed by atoms with Crippen molar-refractivity contribution in [3.63, 3.8) is 0 Å². The molecule has 2 fully saturated rings. The predicted molar refractivity (Wildman–Crippen MR) is 123 cm³/mol. The number of nitrogens with one attached hydrogen (secondary N) is 1. The highest BCUT2D eigenvalue weighted by Crippen LogP contribution is 2.40. The van der Waals surface area contributed by atoms with Crippen molar-refractivity contribution >= 4 is 22.6 Å². The minimum absolute atomic E-state index is 0.0569. The Labute approximate surface area is 183 Å². The van der Waals surface area contributed by atoms with E-state index in [1.54, 1.807) is 4.68 Å². The molecule has 162 valence electrons. The molecule has 3 heterocycles. The Morgan fingerprint density at radius 3 is 2.61 bits per heavy atom. The first-order valence-electron chi connectivity index (χ1n) is 11.1. The number of fused-ring (bicyclic) bond motifs is 1. The first-order chi connectivity index (χ1) is 15.0. The number of likely N-dealkylation sites (N-methyl/N-ethyl adjacent to an activating group) is 1. The summed E-state index contributed by atoms with van der Waals surface area (Å²) in [6.45, 7) is 6.57. The van der Waals surface area contributed by atoms with E-state index in [0.29, 0.717) is 18.0 Å². The molecular formula is C24H30N6O. The number of hydrogen-bond donors (Lipinski definition) is 1. The quantitative estimate of drug-likeness (QED) is 0.690. The van der Waals surface area contributed by atoms with E-state index in [2.05, 4.69) is 45.5 Å². The van der Waals surface area contributed by atoms with E-state index in [-0.39, 0.29) is 5.91 Å². The highest BCUT2D eigenvalue weighted by molar-refractivity contribution is 6.06. The molecule has 7 nitrogen and oxygen atoms in total. The summed E-state index contributed by atoms with van der Waals surface area (Å²) in [5.74, 6) is 0.419. The second-order valence-corrected chi connectivity index (χ2v) is 8.88. The van der Waals surface area contributed by atoms with Crippen molar-refractivity contribution in [3.05, 3.63) is 52.8 Å². The average molecular weight is 419 g/mol. The van der Waals surface area contributed by atoms with Gasteiger partial charge in [0.1, 0.15) is 0 Å². The predicted octanol–water partition coefficient (Wildman–Crippen LogP) is 2.84. The van der Waals surface area contributed by atoms with Gasteiger partial charge in [0.05, 0.1) is 16.6 Å². The van der Waals surface area contributed by atoms with Gasteiger partial charge in [0, 0.05) is 57.1 Å². The number of carbonyl (C=O) groups excluding carboxylic acids is 1. The number of para-hydroxylation sites is 1. The van der Waals surface area contributed by atoms with E-state index < -0.39 is 0 Å². The molecule has 1 aliphatic carbocycles. The molecule has 2 aliphatic rings. The SMILES string of the molecule is Cc1nn(C)c2nc(C3CC3)cc(C(=O)NCc3ccccc3N3CCN(C)CC3)c12. The van der Waals surface area contributed by atoms with Crippen LogP contribution in [0.5, 0.6) is 0 Å². The van der Waals surface area contributed by atoms with Gasteiger partial charge in [-0.2, -0.15) is 5.10 Å². The highest BCUT2D eigenvalue weighted by atomic mass is 16.1. The molecule has 5 rings (SSSR count). The number of rotatable bonds is 5. The van der Waals surface area contributed by atoms with Gasteiger partial charge < -0.3 is 15.1 Å². The maximum Gasteiger partial charge on any atom is 0.252 e. The maximum absolute atomic E-state index is 13.3. The van der Waals surface area contributed by atoms with Crippen LogP contribution in [0.1, 0.15) is 46.1 Å². The van der Waals surface area contributed by atoms with Crippen LogP contribution in [0.4, 0.5) is 5.69 Å². The fourth-order valence-corrected chi connectivity index (χ4v) is 4.52. The Kier molecular flexibility index (Phi) is 5.14. The van der Waals surface area contributed by atoms with Crippen molar-refractivity contribution < 1.29 is 4.79 Å². The fourth-order valence-electron chi connectivity index (χ4n) is 4.52. The Morgan fingerprint density at radius 2 is 1.87 bits per heavy atom. The normalized spacial score (nSPS) is 17.3. The monoisotopic (exact) mass is 418 g/mol. The molecule has 1 N–H and O–H groups in total. The number of aryl methyl sites for hydroxylation is 2. The van der Waals surface area contributed by atoms with Crippen molar-refractivity contribution in [3.8, 4) is 0 Å². The second kappa shape index (κ2) is 7.96. The summed E-state index contributed by atoms with van der Waals surface area (Å²) in [6.07, 6.45) is 2.30. The van der Waals surface area contributed by atoms with E-state index in [4.69, 9.17) is 4.98 Å². The number of carbonyl (C=O) groups is 1. The Balaban J connectivity index is 1.40. The van der Waals surface area contributed by atoms with Crippen LogP contribution in [0.2, 0.25) is 0 Å². The van der Waals surface area contributed by atoms with Crippen molar-refractivity contribution in [1.82, 2.24) is 25.0 Å². The van der Waals surface area contributed by atoms with E-state index in [0.717, 1.165) is 67.0 Å². The molecule has 1 aromatic carbocycles. The molecule has 0 bridgehead atoms. The van der Waals surface area contributed by atoms with Crippen molar-refractivity contribution in [2.75, 3.05) is 38.1 Å². The van der Waals surface area contributed by atoms with Gasteiger partial charge in [-0.05, 0) is 44.5 Å². The average Bonchev–Trinajstić information content (AvgIpc) is 3.58. The Morgan fingerprint density at radius 1 is 1.13 bits per heavy atom. The van der Waals surface area contributed by atoms with Gasteiger partial charge in [0.15, 0.2) is 5.65 Å². The van der Waals surface area contributed by atoms with Gasteiger partial charge in [-0.25, -0.2) is 4.98 Å². The zero-order valence-electron chi connectivity index (χ0n) is 18.6. The molecule has 7 heteroatoms. The van der Waals surface area contributed by atoms with Gasteiger partial charge >= 0.3 is 0 Å². The topological polar surface area (TPSA) is 66.3 Å². The smallest absolute Gasteiger partial charge is 0.252 e. The van der Waals surface area contributed by atoms with Crippen LogP contribution < -0.4 is 10.2 Å². The molecule has 1 amide bonds. The lowest BCUT2D eigenvalue weighted by Gasteiger charge is -2.35. The molecular weight excluding hydrogens is 388 g/mol. The number of nitrogens with zero attached hydrogens (tertiary/aromatic N) is 5. The molecule has 0 radical (unpaired) electrons. The lowest BCUT2D eigenvalue weighted by Crippen LogP contribution is -2.45. The number of amides is 1. The van der Waals surface area contributed by atoms with Crippen LogP contribution in [0, 0.1) is 6.92 Å². The molecule has 31 heavy (non-hydrogen) atoms. The van der Waals surface area contributed by atoms with Gasteiger partial charge in [0.25, 0.3) is 5.91 Å². The zero-order valence-corrected chi connectivity index (χ0v) is 18.6. The summed E-state index contributed by atoms with van der Waals surface area (Å²) < 4.78 is 1.79. The maximum atomic E-state index is 13.3. The van der Waals surface area contributed by atoms with Crippen LogP contribution >= 0.6 is 0 Å². The van der Waals surface area contributed by atoms with E-state index in [1.165, 1.54) is 5.69 Å². The van der Waals surface area contributed by atoms with Gasteiger partial charge in [-0.3, -0.25) is 9.48 Å². The Bertz CT molecular complexity index is 1120. The van der Waals surface area contributed by atoms with Crippen molar-refractivity contribution in [1.29, 1.82) is 0 Å². The molecule has 2 aromatic heterocycles. The number of aromatic nitrogens is 3. The highest BCUT2D eigenvalue weighted by Gasteiger charge is 2.28. The first kappa shape index (κ1) is 20.0. The third-order valence-electron chi connectivity index (χ3n) is 6.50. The molecule has 3 aromatic rings. The molecule has 1 saturated heterocycles. The minimum Gasteiger partial charge on any atom is -0.369 e. The van der Waals surface area contributed by atoms with Gasteiger partial charge in [-0.1, -0.05) is 18.2 Å². The number of hydrogen-bond acceptors (Lipinski definition) is 5. The summed E-state index contributed by atoms with van der Waals surface area (Å²) in [4.78, 5) is 22.9. The number of anilines is 1. The fraction of sp³-hybridized carbons (Fsp3) is 0.458. The summed E-state index contributed by atoms with van der Waals surface area (Å²) in [5.41, 5.74) is 5.70. The summed E-state index contributed by atoms with van der Waals surface area (Å²) in [6, 6.07) is 10.4. The molecule has 0 atom stereocenters. The molecule has 1 saturated carbocycles. The van der Waals surface area contributed by atoms with Crippen LogP contribution in [0.15, 0.2) is 30.3 Å². The molecule has 1 aliphatic heterocycles. The van der Waals surface area contributed by atoms with Gasteiger partial charge in [0.2, 0.25) is 0 Å². The third-order valence-corrected chi connectivity index (χ3v) is 6.50. The number of benzene rings is 1. The van der Waals surface area contributed by atoms with Crippen LogP contribution in [0.3, 0.4) is 0 Å². The van der Waals surface area contributed by atoms with E-state index in [1.807, 2.05) is 26.1 Å². The molecule has 0 spiro atoms. The zero-order chi connectivity index (χ0) is 21.5. The standard InChI is InChI=1S/C24H30N6O/c1-16-22-19(14-20(17-8-9-17)26-23(22)29(3)27-16)24(31)25-15-18-6-4-5-7-21(18)30-12-10-28(2)11-13-30/h4-7,14,17H,8-13,15H2,1-3H3,(H,25,31). The Hall–Kier alpha value is -2.93. The number of piperazine rings is 1. The molecule has 0 unspecified atom stereocenters. The lowest BCUT2D eigenvalue weighted by molar-refractivity contribution is 0.0952. The van der Waals surface area contributed by atoms with Crippen LogP contribution in [-0.2, 0) is 13.6 Å². The largest absolute Gasteiger partial charge is 0.369 e. The lowest BCUT2D eigenvalue weighted by atomic mass is 10.1. The summed E-state index contributed by atoms with van der Waals surface area (Å²) >= 11 is 0. The van der Waals surface area contributed by atoms with E-state index >= 15 is 0 Å².